The van der Waals surface area contributed by atoms with Crippen LogP contribution in [-0.4, -0.2) is 51.7 Å². The van der Waals surface area contributed by atoms with Gasteiger partial charge in [0, 0.05) is 49.8 Å². The Morgan fingerprint density at radius 1 is 1.32 bits per heavy atom. The van der Waals surface area contributed by atoms with Gasteiger partial charge >= 0.3 is 0 Å². The van der Waals surface area contributed by atoms with E-state index in [0.29, 0.717) is 5.56 Å². The van der Waals surface area contributed by atoms with Gasteiger partial charge in [-0.05, 0) is 25.3 Å². The van der Waals surface area contributed by atoms with Crippen molar-refractivity contribution in [1.29, 1.82) is 0 Å². The molecule has 2 aromatic heterocycles. The van der Waals surface area contributed by atoms with E-state index in [1.54, 1.807) is 17.5 Å². The monoisotopic (exact) mass is 318 g/mol. The van der Waals surface area contributed by atoms with Crippen LogP contribution in [0.5, 0.6) is 0 Å². The van der Waals surface area contributed by atoms with E-state index in [4.69, 9.17) is 0 Å². The molecule has 1 saturated heterocycles. The van der Waals surface area contributed by atoms with Gasteiger partial charge in [0.15, 0.2) is 0 Å². The van der Waals surface area contributed by atoms with E-state index in [9.17, 15) is 4.79 Å². The van der Waals surface area contributed by atoms with Gasteiger partial charge < -0.3 is 4.90 Å². The first-order chi connectivity index (χ1) is 10.6. The Morgan fingerprint density at radius 2 is 2.09 bits per heavy atom. The number of amides is 1. The minimum Gasteiger partial charge on any atom is -0.336 e. The van der Waals surface area contributed by atoms with E-state index < -0.39 is 0 Å². The van der Waals surface area contributed by atoms with Gasteiger partial charge in [-0.3, -0.25) is 14.4 Å². The lowest BCUT2D eigenvalue weighted by atomic mass is 10.2. The van der Waals surface area contributed by atoms with Crippen molar-refractivity contribution < 1.29 is 4.79 Å². The second kappa shape index (κ2) is 6.62. The van der Waals surface area contributed by atoms with Crippen LogP contribution < -0.4 is 0 Å². The van der Waals surface area contributed by atoms with Gasteiger partial charge in [0.05, 0.1) is 11.8 Å². The molecule has 0 N–H and O–H groups in total. The molecule has 22 heavy (non-hydrogen) atoms. The molecule has 2 aromatic rings. The Kier molecular flexibility index (Phi) is 4.59. The second-order valence-corrected chi connectivity index (χ2v) is 6.98. The third kappa shape index (κ3) is 3.39. The molecule has 1 amide bonds. The highest BCUT2D eigenvalue weighted by Gasteiger charge is 2.23. The number of carbonyl (C=O) groups is 1. The molecule has 118 valence electrons. The highest BCUT2D eigenvalue weighted by atomic mass is 32.1. The number of nitrogens with zero attached hydrogens (tertiary/aromatic N) is 4. The van der Waals surface area contributed by atoms with Crippen molar-refractivity contribution in [3.05, 3.63) is 40.3 Å². The number of hydrogen-bond donors (Lipinski definition) is 0. The largest absolute Gasteiger partial charge is 0.336 e. The smallest absolute Gasteiger partial charge is 0.257 e. The van der Waals surface area contributed by atoms with Crippen molar-refractivity contribution in [2.75, 3.05) is 26.2 Å². The Bertz CT molecular complexity index is 612. The summed E-state index contributed by atoms with van der Waals surface area (Å²) in [6.45, 7) is 8.55. The summed E-state index contributed by atoms with van der Waals surface area (Å²) in [5.74, 6) is 0.0997. The maximum atomic E-state index is 12.5. The first-order valence-corrected chi connectivity index (χ1v) is 8.59. The van der Waals surface area contributed by atoms with Crippen LogP contribution in [0.3, 0.4) is 0 Å². The van der Waals surface area contributed by atoms with E-state index >= 15 is 0 Å². The summed E-state index contributed by atoms with van der Waals surface area (Å²) in [7, 11) is 0. The van der Waals surface area contributed by atoms with Crippen LogP contribution in [-0.2, 0) is 6.54 Å². The van der Waals surface area contributed by atoms with Crippen molar-refractivity contribution in [1.82, 2.24) is 19.6 Å². The molecular formula is C16H22N4OS. The highest BCUT2D eigenvalue weighted by Crippen LogP contribution is 2.15. The van der Waals surface area contributed by atoms with Gasteiger partial charge in [-0.2, -0.15) is 5.10 Å². The summed E-state index contributed by atoms with van der Waals surface area (Å²) in [6.07, 6.45) is 3.53. The van der Waals surface area contributed by atoms with Gasteiger partial charge in [0.25, 0.3) is 5.91 Å². The van der Waals surface area contributed by atoms with Crippen molar-refractivity contribution in [2.45, 2.75) is 26.4 Å². The van der Waals surface area contributed by atoms with Gasteiger partial charge in [-0.15, -0.1) is 11.3 Å². The zero-order valence-electron chi connectivity index (χ0n) is 13.1. The third-order valence-electron chi connectivity index (χ3n) is 4.00. The lowest BCUT2D eigenvalue weighted by Gasteiger charge is -2.34. The number of piperazine rings is 1. The fraction of sp³-hybridized carbons (Fsp3) is 0.500. The fourth-order valence-corrected chi connectivity index (χ4v) is 3.39. The highest BCUT2D eigenvalue weighted by molar-refractivity contribution is 7.09. The Morgan fingerprint density at radius 3 is 2.68 bits per heavy atom. The predicted molar refractivity (Wildman–Crippen MR) is 88.1 cm³/mol. The molecule has 0 spiro atoms. The summed E-state index contributed by atoms with van der Waals surface area (Å²) in [4.78, 5) is 18.2. The molecule has 1 fully saturated rings. The fourth-order valence-electron chi connectivity index (χ4n) is 2.65. The molecule has 1 aliphatic rings. The molecule has 0 aliphatic carbocycles. The van der Waals surface area contributed by atoms with Gasteiger partial charge in [0.1, 0.15) is 0 Å². The average molecular weight is 318 g/mol. The van der Waals surface area contributed by atoms with E-state index in [1.165, 1.54) is 4.88 Å². The minimum atomic E-state index is 0.0997. The van der Waals surface area contributed by atoms with Crippen LogP contribution in [0.1, 0.15) is 35.1 Å². The van der Waals surface area contributed by atoms with Crippen molar-refractivity contribution in [2.24, 2.45) is 0 Å². The number of carbonyl (C=O) groups excluding carboxylic acids is 1. The zero-order valence-corrected chi connectivity index (χ0v) is 13.9. The van der Waals surface area contributed by atoms with Crippen LogP contribution in [0.15, 0.2) is 29.9 Å². The normalized spacial score (nSPS) is 16.4. The summed E-state index contributed by atoms with van der Waals surface area (Å²) in [5.41, 5.74) is 0.695. The first kappa shape index (κ1) is 15.2. The van der Waals surface area contributed by atoms with Crippen LogP contribution in [0.2, 0.25) is 0 Å². The van der Waals surface area contributed by atoms with Crippen LogP contribution in [0.25, 0.3) is 0 Å². The minimum absolute atomic E-state index is 0.0997. The maximum absolute atomic E-state index is 12.5. The van der Waals surface area contributed by atoms with Crippen molar-refractivity contribution >= 4 is 17.2 Å². The van der Waals surface area contributed by atoms with E-state index in [1.807, 2.05) is 15.8 Å². The standard InChI is InChI=1S/C16H22N4OS/c1-13(2)20-11-14(10-17-20)16(21)19-7-5-18(6-8-19)12-15-4-3-9-22-15/h3-4,9-11,13H,5-8,12H2,1-2H3. The van der Waals surface area contributed by atoms with Crippen molar-refractivity contribution in [3.63, 3.8) is 0 Å². The van der Waals surface area contributed by atoms with Crippen LogP contribution >= 0.6 is 11.3 Å². The van der Waals surface area contributed by atoms with E-state index in [0.717, 1.165) is 32.7 Å². The van der Waals surface area contributed by atoms with Crippen LogP contribution in [0, 0.1) is 0 Å². The second-order valence-electron chi connectivity index (χ2n) is 5.95. The summed E-state index contributed by atoms with van der Waals surface area (Å²) in [6, 6.07) is 4.54. The number of rotatable bonds is 4. The van der Waals surface area contributed by atoms with Crippen molar-refractivity contribution in [3.8, 4) is 0 Å². The summed E-state index contributed by atoms with van der Waals surface area (Å²) >= 11 is 1.79. The first-order valence-electron chi connectivity index (χ1n) is 7.71. The molecule has 0 radical (unpaired) electrons. The number of thiophene rings is 1. The molecule has 0 unspecified atom stereocenters. The van der Waals surface area contributed by atoms with Gasteiger partial charge in [-0.1, -0.05) is 6.07 Å². The van der Waals surface area contributed by atoms with Crippen LogP contribution in [0.4, 0.5) is 0 Å². The molecule has 0 bridgehead atoms. The molecule has 5 nitrogen and oxygen atoms in total. The SMILES string of the molecule is CC(C)n1cc(C(=O)N2CCN(Cc3cccs3)CC2)cn1. The lowest BCUT2D eigenvalue weighted by Crippen LogP contribution is -2.48. The Labute approximate surface area is 135 Å². The average Bonchev–Trinajstić information content (AvgIpc) is 3.18. The summed E-state index contributed by atoms with van der Waals surface area (Å²) < 4.78 is 1.83. The zero-order chi connectivity index (χ0) is 15.5. The quantitative estimate of drug-likeness (QED) is 0.870. The maximum Gasteiger partial charge on any atom is 0.257 e. The molecule has 3 rings (SSSR count). The molecule has 3 heterocycles. The van der Waals surface area contributed by atoms with E-state index in [-0.39, 0.29) is 11.9 Å². The third-order valence-corrected chi connectivity index (χ3v) is 4.86. The van der Waals surface area contributed by atoms with E-state index in [2.05, 4.69) is 41.4 Å². The molecule has 0 aromatic carbocycles. The molecule has 1 aliphatic heterocycles. The molecule has 0 saturated carbocycles. The number of aromatic nitrogens is 2. The summed E-state index contributed by atoms with van der Waals surface area (Å²) in [5, 5.41) is 6.37. The Balaban J connectivity index is 1.55. The van der Waals surface area contributed by atoms with Gasteiger partial charge in [0.2, 0.25) is 0 Å². The molecule has 6 heteroatoms. The molecular weight excluding hydrogens is 296 g/mol. The Hall–Kier alpha value is -1.66. The number of hydrogen-bond acceptors (Lipinski definition) is 4. The van der Waals surface area contributed by atoms with Gasteiger partial charge in [-0.25, -0.2) is 0 Å². The topological polar surface area (TPSA) is 41.4 Å². The lowest BCUT2D eigenvalue weighted by molar-refractivity contribution is 0.0629. The molecule has 0 atom stereocenters. The predicted octanol–water partition coefficient (Wildman–Crippen LogP) is 2.48.